The lowest BCUT2D eigenvalue weighted by Gasteiger charge is -2.04. The van der Waals surface area contributed by atoms with Crippen molar-refractivity contribution in [1.29, 1.82) is 0 Å². The highest BCUT2D eigenvalue weighted by Gasteiger charge is 2.09. The van der Waals surface area contributed by atoms with Gasteiger partial charge in [0.25, 0.3) is 5.91 Å². The van der Waals surface area contributed by atoms with Gasteiger partial charge in [-0.1, -0.05) is 11.3 Å². The van der Waals surface area contributed by atoms with Crippen LogP contribution in [0.3, 0.4) is 0 Å². The molecular weight excluding hydrogens is 300 g/mol. The molecule has 3 aromatic rings. The van der Waals surface area contributed by atoms with Gasteiger partial charge in [-0.3, -0.25) is 14.6 Å². The molecule has 3 rings (SSSR count). The number of hydrogen-bond acceptors (Lipinski definition) is 5. The highest BCUT2D eigenvalue weighted by Crippen LogP contribution is 2.28. The van der Waals surface area contributed by atoms with Crippen LogP contribution in [0.4, 0.5) is 10.8 Å². The number of benzene rings is 1. The van der Waals surface area contributed by atoms with Crippen molar-refractivity contribution in [1.82, 2.24) is 9.97 Å². The number of nitrogens with zero attached hydrogens (tertiary/aromatic N) is 2. The Morgan fingerprint density at radius 1 is 1.09 bits per heavy atom. The van der Waals surface area contributed by atoms with Crippen LogP contribution in [0.25, 0.3) is 10.2 Å². The highest BCUT2D eigenvalue weighted by molar-refractivity contribution is 7.22. The van der Waals surface area contributed by atoms with Crippen molar-refractivity contribution in [2.24, 2.45) is 0 Å². The zero-order chi connectivity index (χ0) is 15.5. The summed E-state index contributed by atoms with van der Waals surface area (Å²) >= 11 is 1.39. The lowest BCUT2D eigenvalue weighted by molar-refractivity contribution is -0.114. The third-order valence-electron chi connectivity index (χ3n) is 2.87. The summed E-state index contributed by atoms with van der Waals surface area (Å²) in [5.41, 5.74) is 1.91. The molecule has 0 saturated heterocycles. The largest absolute Gasteiger partial charge is 0.322 e. The predicted molar refractivity (Wildman–Crippen MR) is 86.1 cm³/mol. The molecule has 0 aliphatic carbocycles. The molecular formula is C15H12N4O2S. The van der Waals surface area contributed by atoms with Gasteiger partial charge in [-0.2, -0.15) is 0 Å². The van der Waals surface area contributed by atoms with Gasteiger partial charge in [0.15, 0.2) is 5.13 Å². The maximum atomic E-state index is 12.1. The zero-order valence-corrected chi connectivity index (χ0v) is 12.5. The van der Waals surface area contributed by atoms with E-state index in [4.69, 9.17) is 0 Å². The van der Waals surface area contributed by atoms with E-state index in [9.17, 15) is 9.59 Å². The number of pyridine rings is 1. The van der Waals surface area contributed by atoms with Crippen LogP contribution in [0.15, 0.2) is 42.7 Å². The minimum Gasteiger partial charge on any atom is -0.322 e. The maximum absolute atomic E-state index is 12.1. The molecule has 0 bridgehead atoms. The molecule has 6 nitrogen and oxygen atoms in total. The Morgan fingerprint density at radius 2 is 1.86 bits per heavy atom. The van der Waals surface area contributed by atoms with E-state index in [1.165, 1.54) is 18.3 Å². The highest BCUT2D eigenvalue weighted by atomic mass is 32.1. The lowest BCUT2D eigenvalue weighted by Crippen LogP contribution is -2.11. The van der Waals surface area contributed by atoms with Crippen LogP contribution in [0.2, 0.25) is 0 Å². The Kier molecular flexibility index (Phi) is 3.80. The van der Waals surface area contributed by atoms with Gasteiger partial charge >= 0.3 is 0 Å². The number of fused-ring (bicyclic) bond motifs is 1. The monoisotopic (exact) mass is 312 g/mol. The molecule has 0 aliphatic heterocycles. The van der Waals surface area contributed by atoms with Gasteiger partial charge in [-0.15, -0.1) is 0 Å². The molecule has 0 aliphatic rings. The Morgan fingerprint density at radius 3 is 2.59 bits per heavy atom. The summed E-state index contributed by atoms with van der Waals surface area (Å²) in [4.78, 5) is 31.3. The van der Waals surface area contributed by atoms with E-state index in [2.05, 4.69) is 20.6 Å². The fourth-order valence-electron chi connectivity index (χ4n) is 1.92. The molecule has 0 fully saturated rings. The quantitative estimate of drug-likeness (QED) is 0.779. The number of amides is 2. The SMILES string of the molecule is CC(=O)Nc1nc2cc(NC(=O)c3ccncc3)ccc2s1. The molecule has 7 heteroatoms. The molecule has 0 saturated carbocycles. The second kappa shape index (κ2) is 5.90. The summed E-state index contributed by atoms with van der Waals surface area (Å²) in [6, 6.07) is 8.73. The molecule has 1 aromatic carbocycles. The number of aromatic nitrogens is 2. The summed E-state index contributed by atoms with van der Waals surface area (Å²) in [7, 11) is 0. The zero-order valence-electron chi connectivity index (χ0n) is 11.7. The average molecular weight is 312 g/mol. The first-order valence-corrected chi connectivity index (χ1v) is 7.33. The van der Waals surface area contributed by atoms with Crippen molar-refractivity contribution in [3.05, 3.63) is 48.3 Å². The first kappa shape index (κ1) is 14.2. The third-order valence-corrected chi connectivity index (χ3v) is 3.82. The van der Waals surface area contributed by atoms with Crippen LogP contribution in [-0.4, -0.2) is 21.8 Å². The fourth-order valence-corrected chi connectivity index (χ4v) is 2.81. The lowest BCUT2D eigenvalue weighted by atomic mass is 10.2. The third kappa shape index (κ3) is 3.09. The normalized spacial score (nSPS) is 10.4. The van der Waals surface area contributed by atoms with E-state index in [0.29, 0.717) is 16.4 Å². The maximum Gasteiger partial charge on any atom is 0.255 e. The number of nitrogens with one attached hydrogen (secondary N) is 2. The van der Waals surface area contributed by atoms with E-state index < -0.39 is 0 Å². The Hall–Kier alpha value is -2.80. The van der Waals surface area contributed by atoms with Crippen LogP contribution >= 0.6 is 11.3 Å². The van der Waals surface area contributed by atoms with E-state index in [-0.39, 0.29) is 11.8 Å². The Labute approximate surface area is 130 Å². The number of anilines is 2. The standard InChI is InChI=1S/C15H12N4O2S/c1-9(20)17-15-19-12-8-11(2-3-13(12)22-15)18-14(21)10-4-6-16-7-5-10/h2-8H,1H3,(H,18,21)(H,17,19,20). The van der Waals surface area contributed by atoms with Crippen molar-refractivity contribution in [2.45, 2.75) is 6.92 Å². The van der Waals surface area contributed by atoms with E-state index in [1.54, 1.807) is 36.7 Å². The molecule has 2 aromatic heterocycles. The van der Waals surface area contributed by atoms with Gasteiger partial charge < -0.3 is 10.6 Å². The number of thiazole rings is 1. The first-order valence-electron chi connectivity index (χ1n) is 6.51. The molecule has 22 heavy (non-hydrogen) atoms. The number of carbonyl (C=O) groups is 2. The molecule has 0 spiro atoms. The minimum atomic E-state index is -0.209. The van der Waals surface area contributed by atoms with Crippen LogP contribution in [0.5, 0.6) is 0 Å². The van der Waals surface area contributed by atoms with E-state index in [0.717, 1.165) is 10.2 Å². The van der Waals surface area contributed by atoms with Crippen molar-refractivity contribution in [3.63, 3.8) is 0 Å². The van der Waals surface area contributed by atoms with E-state index in [1.807, 2.05) is 6.07 Å². The minimum absolute atomic E-state index is 0.162. The molecule has 0 radical (unpaired) electrons. The summed E-state index contributed by atoms with van der Waals surface area (Å²) in [6.45, 7) is 1.44. The second-order valence-corrected chi connectivity index (χ2v) is 5.60. The van der Waals surface area contributed by atoms with Gasteiger partial charge in [0, 0.05) is 30.6 Å². The summed E-state index contributed by atoms with van der Waals surface area (Å²) in [6.07, 6.45) is 3.14. The average Bonchev–Trinajstić information content (AvgIpc) is 2.88. The number of rotatable bonds is 3. The van der Waals surface area contributed by atoms with Gasteiger partial charge in [0.1, 0.15) is 0 Å². The van der Waals surface area contributed by atoms with E-state index >= 15 is 0 Å². The second-order valence-electron chi connectivity index (χ2n) is 4.57. The van der Waals surface area contributed by atoms with Crippen LogP contribution in [0.1, 0.15) is 17.3 Å². The molecule has 0 unspecified atom stereocenters. The molecule has 2 amide bonds. The molecule has 2 N–H and O–H groups in total. The summed E-state index contributed by atoms with van der Waals surface area (Å²) < 4.78 is 0.936. The van der Waals surface area contributed by atoms with Crippen molar-refractivity contribution in [3.8, 4) is 0 Å². The summed E-state index contributed by atoms with van der Waals surface area (Å²) in [5, 5.41) is 6.01. The van der Waals surface area contributed by atoms with Gasteiger partial charge in [0.2, 0.25) is 5.91 Å². The van der Waals surface area contributed by atoms with Gasteiger partial charge in [-0.05, 0) is 30.3 Å². The van der Waals surface area contributed by atoms with Crippen LogP contribution < -0.4 is 10.6 Å². The first-order chi connectivity index (χ1) is 10.6. The van der Waals surface area contributed by atoms with Crippen LogP contribution in [-0.2, 0) is 4.79 Å². The molecule has 110 valence electrons. The van der Waals surface area contributed by atoms with Crippen molar-refractivity contribution >= 4 is 44.2 Å². The smallest absolute Gasteiger partial charge is 0.255 e. The Bertz CT molecular complexity index is 845. The van der Waals surface area contributed by atoms with Crippen molar-refractivity contribution < 1.29 is 9.59 Å². The fraction of sp³-hybridized carbons (Fsp3) is 0.0667. The summed E-state index contributed by atoms with van der Waals surface area (Å²) in [5.74, 6) is -0.371. The topological polar surface area (TPSA) is 84.0 Å². The predicted octanol–water partition coefficient (Wildman–Crippen LogP) is 2.90. The Balaban J connectivity index is 1.82. The van der Waals surface area contributed by atoms with Gasteiger partial charge in [0.05, 0.1) is 10.2 Å². The van der Waals surface area contributed by atoms with Crippen LogP contribution in [0, 0.1) is 0 Å². The number of hydrogen-bond donors (Lipinski definition) is 2. The van der Waals surface area contributed by atoms with Gasteiger partial charge in [-0.25, -0.2) is 4.98 Å². The molecule has 0 atom stereocenters. The molecule has 2 heterocycles. The number of carbonyl (C=O) groups excluding carboxylic acids is 2. The van der Waals surface area contributed by atoms with Crippen molar-refractivity contribution in [2.75, 3.05) is 10.6 Å².